The van der Waals surface area contributed by atoms with Crippen molar-refractivity contribution in [1.29, 1.82) is 0 Å². The van der Waals surface area contributed by atoms with Gasteiger partial charge in [0.05, 0.1) is 17.3 Å². The second kappa shape index (κ2) is 5.36. The average Bonchev–Trinajstić information content (AvgIpc) is 2.94. The van der Waals surface area contributed by atoms with Crippen molar-refractivity contribution in [1.82, 2.24) is 15.5 Å². The van der Waals surface area contributed by atoms with Gasteiger partial charge in [-0.1, -0.05) is 24.3 Å². The Morgan fingerprint density at radius 3 is 3.00 bits per heavy atom. The highest BCUT2D eigenvalue weighted by Crippen LogP contribution is 2.16. The topological polar surface area (TPSA) is 57.8 Å². The first-order chi connectivity index (χ1) is 10.1. The summed E-state index contributed by atoms with van der Waals surface area (Å²) in [5.41, 5.74) is 2.49. The molecule has 1 aromatic heterocycles. The minimum absolute atomic E-state index is 0.148. The van der Waals surface area contributed by atoms with E-state index in [9.17, 15) is 9.18 Å². The average molecular weight is 283 g/mol. The number of hydrogen-bond acceptors (Lipinski definition) is 2. The van der Waals surface area contributed by atoms with Gasteiger partial charge in [-0.05, 0) is 24.6 Å². The summed E-state index contributed by atoms with van der Waals surface area (Å²) >= 11 is 0. The SMILES string of the molecule is Cc1ccc(CNC(=O)c2cccc3cn[nH]c23)c(F)c1. The summed E-state index contributed by atoms with van der Waals surface area (Å²) in [6.45, 7) is 1.97. The second-order valence-electron chi connectivity index (χ2n) is 4.92. The number of fused-ring (bicyclic) bond motifs is 1. The number of rotatable bonds is 3. The molecule has 5 heteroatoms. The molecule has 0 bridgehead atoms. The highest BCUT2D eigenvalue weighted by Gasteiger charge is 2.11. The molecular weight excluding hydrogens is 269 g/mol. The van der Waals surface area contributed by atoms with Crippen LogP contribution in [0.1, 0.15) is 21.5 Å². The first kappa shape index (κ1) is 13.3. The van der Waals surface area contributed by atoms with Crippen LogP contribution in [0.3, 0.4) is 0 Å². The van der Waals surface area contributed by atoms with Crippen molar-refractivity contribution >= 4 is 16.8 Å². The van der Waals surface area contributed by atoms with Crippen LogP contribution in [0.4, 0.5) is 4.39 Å². The van der Waals surface area contributed by atoms with Crippen LogP contribution in [0.15, 0.2) is 42.6 Å². The zero-order valence-electron chi connectivity index (χ0n) is 11.5. The van der Waals surface area contributed by atoms with E-state index in [1.54, 1.807) is 24.4 Å². The fourth-order valence-electron chi connectivity index (χ4n) is 2.22. The Hall–Kier alpha value is -2.69. The van der Waals surface area contributed by atoms with Gasteiger partial charge in [0.2, 0.25) is 0 Å². The third kappa shape index (κ3) is 2.63. The summed E-state index contributed by atoms with van der Waals surface area (Å²) in [6, 6.07) is 10.3. The van der Waals surface area contributed by atoms with Crippen molar-refractivity contribution < 1.29 is 9.18 Å². The number of carbonyl (C=O) groups is 1. The van der Waals surface area contributed by atoms with Crippen molar-refractivity contribution in [3.05, 3.63) is 65.1 Å². The number of para-hydroxylation sites is 1. The van der Waals surface area contributed by atoms with Crippen molar-refractivity contribution in [2.75, 3.05) is 0 Å². The van der Waals surface area contributed by atoms with Gasteiger partial charge in [-0.25, -0.2) is 4.39 Å². The number of benzene rings is 2. The Morgan fingerprint density at radius 1 is 1.33 bits per heavy atom. The van der Waals surface area contributed by atoms with Crippen LogP contribution in [0, 0.1) is 12.7 Å². The van der Waals surface area contributed by atoms with Gasteiger partial charge in [0, 0.05) is 17.5 Å². The van der Waals surface area contributed by atoms with Crippen molar-refractivity contribution in [3.63, 3.8) is 0 Å². The van der Waals surface area contributed by atoms with Gasteiger partial charge in [-0.15, -0.1) is 0 Å². The van der Waals surface area contributed by atoms with E-state index in [2.05, 4.69) is 15.5 Å². The largest absolute Gasteiger partial charge is 0.348 e. The molecule has 2 N–H and O–H groups in total. The van der Waals surface area contributed by atoms with Gasteiger partial charge in [-0.3, -0.25) is 9.89 Å². The molecule has 21 heavy (non-hydrogen) atoms. The zero-order valence-corrected chi connectivity index (χ0v) is 11.5. The maximum absolute atomic E-state index is 13.7. The van der Waals surface area contributed by atoms with E-state index in [1.165, 1.54) is 6.07 Å². The van der Waals surface area contributed by atoms with Gasteiger partial charge in [0.25, 0.3) is 5.91 Å². The fraction of sp³-hybridized carbons (Fsp3) is 0.125. The number of amides is 1. The molecule has 2 aromatic carbocycles. The maximum Gasteiger partial charge on any atom is 0.253 e. The monoisotopic (exact) mass is 283 g/mol. The standard InChI is InChI=1S/C16H14FN3O/c1-10-5-6-11(14(17)7-10)8-18-16(21)13-4-2-3-12-9-19-20-15(12)13/h2-7,9H,8H2,1H3,(H,18,21)(H,19,20). The van der Waals surface area contributed by atoms with E-state index in [1.807, 2.05) is 19.1 Å². The molecule has 0 spiro atoms. The van der Waals surface area contributed by atoms with E-state index in [-0.39, 0.29) is 18.3 Å². The summed E-state index contributed by atoms with van der Waals surface area (Å²) in [4.78, 5) is 12.2. The lowest BCUT2D eigenvalue weighted by molar-refractivity contribution is 0.0952. The molecular formula is C16H14FN3O. The van der Waals surface area contributed by atoms with E-state index in [4.69, 9.17) is 0 Å². The molecule has 106 valence electrons. The van der Waals surface area contributed by atoms with Gasteiger partial charge in [-0.2, -0.15) is 5.10 Å². The number of aromatic amines is 1. The normalized spacial score (nSPS) is 10.8. The van der Waals surface area contributed by atoms with Crippen molar-refractivity contribution in [2.45, 2.75) is 13.5 Å². The first-order valence-electron chi connectivity index (χ1n) is 6.60. The first-order valence-corrected chi connectivity index (χ1v) is 6.60. The molecule has 0 saturated carbocycles. The quantitative estimate of drug-likeness (QED) is 0.776. The highest BCUT2D eigenvalue weighted by molar-refractivity contribution is 6.05. The van der Waals surface area contributed by atoms with Crippen LogP contribution in [-0.4, -0.2) is 16.1 Å². The predicted octanol–water partition coefficient (Wildman–Crippen LogP) is 2.94. The van der Waals surface area contributed by atoms with E-state index < -0.39 is 0 Å². The summed E-state index contributed by atoms with van der Waals surface area (Å²) in [5, 5.41) is 10.3. The summed E-state index contributed by atoms with van der Waals surface area (Å²) in [7, 11) is 0. The number of aryl methyl sites for hydroxylation is 1. The molecule has 0 fully saturated rings. The van der Waals surface area contributed by atoms with Crippen LogP contribution >= 0.6 is 0 Å². The predicted molar refractivity (Wildman–Crippen MR) is 78.4 cm³/mol. The molecule has 4 nitrogen and oxygen atoms in total. The van der Waals surface area contributed by atoms with E-state index >= 15 is 0 Å². The third-order valence-electron chi connectivity index (χ3n) is 3.37. The Balaban J connectivity index is 1.79. The number of halogens is 1. The minimum atomic E-state index is -0.310. The van der Waals surface area contributed by atoms with Gasteiger partial charge in [0.1, 0.15) is 5.82 Å². The number of aromatic nitrogens is 2. The smallest absolute Gasteiger partial charge is 0.253 e. The highest BCUT2D eigenvalue weighted by atomic mass is 19.1. The number of H-pyrrole nitrogens is 1. The molecule has 0 radical (unpaired) electrons. The van der Waals surface area contributed by atoms with Gasteiger partial charge in [0.15, 0.2) is 0 Å². The molecule has 3 aromatic rings. The molecule has 0 unspecified atom stereocenters. The van der Waals surface area contributed by atoms with E-state index in [0.29, 0.717) is 16.6 Å². The van der Waals surface area contributed by atoms with Crippen molar-refractivity contribution in [2.24, 2.45) is 0 Å². The Bertz CT molecular complexity index is 810. The molecule has 0 saturated heterocycles. The van der Waals surface area contributed by atoms with Gasteiger partial charge >= 0.3 is 0 Å². The molecule has 3 rings (SSSR count). The molecule has 1 amide bonds. The third-order valence-corrected chi connectivity index (χ3v) is 3.37. The lowest BCUT2D eigenvalue weighted by Crippen LogP contribution is -2.23. The van der Waals surface area contributed by atoms with Crippen LogP contribution in [0.5, 0.6) is 0 Å². The maximum atomic E-state index is 13.7. The lowest BCUT2D eigenvalue weighted by atomic mass is 10.1. The molecule has 1 heterocycles. The van der Waals surface area contributed by atoms with Crippen molar-refractivity contribution in [3.8, 4) is 0 Å². The van der Waals surface area contributed by atoms with Crippen LogP contribution < -0.4 is 5.32 Å². The van der Waals surface area contributed by atoms with Crippen LogP contribution in [-0.2, 0) is 6.54 Å². The number of nitrogens with zero attached hydrogens (tertiary/aromatic N) is 1. The number of hydrogen-bond donors (Lipinski definition) is 2. The summed E-state index contributed by atoms with van der Waals surface area (Å²) in [6.07, 6.45) is 1.66. The second-order valence-corrected chi connectivity index (χ2v) is 4.92. The molecule has 0 aliphatic heterocycles. The molecule has 0 aliphatic carbocycles. The van der Waals surface area contributed by atoms with E-state index in [0.717, 1.165) is 10.9 Å². The molecule has 0 atom stereocenters. The minimum Gasteiger partial charge on any atom is -0.348 e. The molecule has 0 aliphatic rings. The van der Waals surface area contributed by atoms with Crippen LogP contribution in [0.25, 0.3) is 10.9 Å². The fourth-order valence-corrected chi connectivity index (χ4v) is 2.22. The number of nitrogens with one attached hydrogen (secondary N) is 2. The zero-order chi connectivity index (χ0) is 14.8. The Morgan fingerprint density at radius 2 is 2.19 bits per heavy atom. The summed E-state index contributed by atoms with van der Waals surface area (Å²) < 4.78 is 13.7. The summed E-state index contributed by atoms with van der Waals surface area (Å²) in [5.74, 6) is -0.570. The van der Waals surface area contributed by atoms with Crippen LogP contribution in [0.2, 0.25) is 0 Å². The Labute approximate surface area is 121 Å². The van der Waals surface area contributed by atoms with Gasteiger partial charge < -0.3 is 5.32 Å². The number of carbonyl (C=O) groups excluding carboxylic acids is 1. The lowest BCUT2D eigenvalue weighted by Gasteiger charge is -2.07. The Kier molecular flexibility index (Phi) is 3.39.